The molecule has 1 aromatic carbocycles. The quantitative estimate of drug-likeness (QED) is 0.451. The number of nitrogens with zero attached hydrogens (tertiary/aromatic N) is 1. The maximum atomic E-state index is 10.5. The average molecular weight is 234 g/mol. The van der Waals surface area contributed by atoms with Crippen molar-refractivity contribution in [2.24, 2.45) is 4.99 Å². The summed E-state index contributed by atoms with van der Waals surface area (Å²) in [5.41, 5.74) is 0.234. The predicted molar refractivity (Wildman–Crippen MR) is 49.6 cm³/mol. The fourth-order valence-electron chi connectivity index (χ4n) is 0.773. The number of benzene rings is 1. The van der Waals surface area contributed by atoms with E-state index in [2.05, 4.69) is 9.18 Å². The van der Waals surface area contributed by atoms with Crippen LogP contribution in [0.4, 0.5) is 5.69 Å². The number of carbonyl (C=O) groups excluding carboxylic acids is 1. The van der Waals surface area contributed by atoms with Crippen LogP contribution in [0, 0.1) is 0 Å². The van der Waals surface area contributed by atoms with Gasteiger partial charge >= 0.3 is 9.33 Å². The second kappa shape index (κ2) is 4.23. The maximum absolute atomic E-state index is 10.5. The second-order valence-corrected chi connectivity index (χ2v) is 4.26. The Balaban J connectivity index is 3.00. The van der Waals surface area contributed by atoms with Crippen LogP contribution in [0.25, 0.3) is 0 Å². The molecule has 0 atom stereocenters. The Morgan fingerprint density at radius 2 is 2.14 bits per heavy atom. The maximum Gasteiger partial charge on any atom is 0.401 e. The van der Waals surface area contributed by atoms with E-state index in [0.717, 1.165) is 0 Å². The lowest BCUT2D eigenvalue weighted by atomic mass is 10.3. The van der Waals surface area contributed by atoms with E-state index in [0.29, 0.717) is 0 Å². The van der Waals surface area contributed by atoms with Gasteiger partial charge in [0, 0.05) is 6.07 Å². The average Bonchev–Trinajstić information content (AvgIpc) is 2.02. The normalized spacial score (nSPS) is 10.4. The zero-order chi connectivity index (χ0) is 10.6. The van der Waals surface area contributed by atoms with Crippen LogP contribution in [-0.2, 0) is 14.1 Å². The minimum absolute atomic E-state index is 0.0171. The second-order valence-electron chi connectivity index (χ2n) is 2.18. The first kappa shape index (κ1) is 10.7. The van der Waals surface area contributed by atoms with Crippen LogP contribution in [0.1, 0.15) is 0 Å². The van der Waals surface area contributed by atoms with Crippen molar-refractivity contribution in [1.82, 2.24) is 0 Å². The molecule has 1 rings (SSSR count). The Morgan fingerprint density at radius 3 is 2.71 bits per heavy atom. The SMILES string of the molecule is O=C=Nc1cccc(OS(=O)(=O)Cl)c1. The molecule has 0 aliphatic rings. The minimum Gasteiger partial charge on any atom is -0.371 e. The van der Waals surface area contributed by atoms with E-state index in [1.165, 1.54) is 30.3 Å². The van der Waals surface area contributed by atoms with Gasteiger partial charge in [0.2, 0.25) is 6.08 Å². The number of rotatable bonds is 3. The lowest BCUT2D eigenvalue weighted by Gasteiger charge is -2.00. The molecule has 0 unspecified atom stereocenters. The first-order chi connectivity index (χ1) is 6.51. The summed E-state index contributed by atoms with van der Waals surface area (Å²) >= 11 is 0. The Morgan fingerprint density at radius 1 is 1.43 bits per heavy atom. The predicted octanol–water partition coefficient (Wildman–Crippen LogP) is 1.52. The van der Waals surface area contributed by atoms with E-state index in [1.807, 2.05) is 0 Å². The highest BCUT2D eigenvalue weighted by atomic mass is 35.7. The third-order valence-electron chi connectivity index (χ3n) is 1.19. The number of hydrogen-bond acceptors (Lipinski definition) is 5. The minimum atomic E-state index is -4.08. The van der Waals surface area contributed by atoms with E-state index in [9.17, 15) is 13.2 Å². The molecular weight excluding hydrogens is 230 g/mol. The van der Waals surface area contributed by atoms with Crippen molar-refractivity contribution < 1.29 is 17.4 Å². The Bertz CT molecular complexity index is 478. The van der Waals surface area contributed by atoms with E-state index in [4.69, 9.17) is 10.7 Å². The molecule has 0 aliphatic heterocycles. The van der Waals surface area contributed by atoms with Gasteiger partial charge in [-0.2, -0.15) is 13.4 Å². The summed E-state index contributed by atoms with van der Waals surface area (Å²) in [5.74, 6) is -0.0171. The topological polar surface area (TPSA) is 72.8 Å². The Hall–Kier alpha value is -1.36. The molecule has 0 N–H and O–H groups in total. The zero-order valence-corrected chi connectivity index (χ0v) is 8.25. The number of hydrogen-bond donors (Lipinski definition) is 0. The highest BCUT2D eigenvalue weighted by molar-refractivity contribution is 8.10. The summed E-state index contributed by atoms with van der Waals surface area (Å²) in [7, 11) is 0.762. The summed E-state index contributed by atoms with van der Waals surface area (Å²) in [6.07, 6.45) is 1.31. The summed E-state index contributed by atoms with van der Waals surface area (Å²) in [6.45, 7) is 0. The fraction of sp³-hybridized carbons (Fsp3) is 0. The van der Waals surface area contributed by atoms with Crippen molar-refractivity contribution in [3.8, 4) is 5.75 Å². The highest BCUT2D eigenvalue weighted by Crippen LogP contribution is 2.21. The van der Waals surface area contributed by atoms with Crippen LogP contribution >= 0.6 is 10.7 Å². The smallest absolute Gasteiger partial charge is 0.371 e. The van der Waals surface area contributed by atoms with Crippen molar-refractivity contribution in [3.63, 3.8) is 0 Å². The van der Waals surface area contributed by atoms with Gasteiger partial charge in [-0.15, -0.1) is 0 Å². The van der Waals surface area contributed by atoms with Crippen LogP contribution in [0.3, 0.4) is 0 Å². The molecule has 0 saturated carbocycles. The molecule has 74 valence electrons. The van der Waals surface area contributed by atoms with Gasteiger partial charge in [-0.1, -0.05) is 6.07 Å². The standard InChI is InChI=1S/C7H4ClNO4S/c8-14(11,12)13-7-3-1-2-6(4-7)9-5-10/h1-4H. The van der Waals surface area contributed by atoms with E-state index < -0.39 is 9.33 Å². The van der Waals surface area contributed by atoms with Crippen molar-refractivity contribution in [3.05, 3.63) is 24.3 Å². The van der Waals surface area contributed by atoms with Crippen molar-refractivity contribution in [2.45, 2.75) is 0 Å². The molecule has 0 aliphatic carbocycles. The van der Waals surface area contributed by atoms with Gasteiger partial charge in [-0.05, 0) is 12.1 Å². The van der Waals surface area contributed by atoms with Crippen molar-refractivity contribution in [1.29, 1.82) is 0 Å². The van der Waals surface area contributed by atoms with Crippen LogP contribution in [-0.4, -0.2) is 14.5 Å². The highest BCUT2D eigenvalue weighted by Gasteiger charge is 2.06. The van der Waals surface area contributed by atoms with Gasteiger partial charge in [0.15, 0.2) is 0 Å². The third-order valence-corrected chi connectivity index (χ3v) is 1.77. The van der Waals surface area contributed by atoms with Gasteiger partial charge in [-0.3, -0.25) is 0 Å². The number of halogens is 1. The molecule has 0 bridgehead atoms. The third kappa shape index (κ3) is 3.57. The molecule has 0 radical (unpaired) electrons. The summed E-state index contributed by atoms with van der Waals surface area (Å²) < 4.78 is 25.3. The van der Waals surface area contributed by atoms with E-state index >= 15 is 0 Å². The molecule has 0 heterocycles. The summed E-state index contributed by atoms with van der Waals surface area (Å²) in [6, 6.07) is 5.56. The molecule has 7 heteroatoms. The van der Waals surface area contributed by atoms with Gasteiger partial charge in [-0.25, -0.2) is 4.79 Å². The Kier molecular flexibility index (Phi) is 3.24. The largest absolute Gasteiger partial charge is 0.401 e. The molecule has 0 aromatic heterocycles. The summed E-state index contributed by atoms with van der Waals surface area (Å²) in [4.78, 5) is 13.2. The van der Waals surface area contributed by atoms with Crippen molar-refractivity contribution >= 4 is 31.8 Å². The molecular formula is C7H4ClNO4S. The Labute approximate surface area is 84.6 Å². The summed E-state index contributed by atoms with van der Waals surface area (Å²) in [5, 5.41) is 0. The molecule has 14 heavy (non-hydrogen) atoms. The first-order valence-electron chi connectivity index (χ1n) is 3.33. The van der Waals surface area contributed by atoms with Crippen LogP contribution in [0.15, 0.2) is 29.3 Å². The molecule has 5 nitrogen and oxygen atoms in total. The number of isocyanates is 1. The van der Waals surface area contributed by atoms with Crippen LogP contribution in [0.2, 0.25) is 0 Å². The fourth-order valence-corrected chi connectivity index (χ4v) is 1.32. The lowest BCUT2D eigenvalue weighted by Crippen LogP contribution is -1.99. The van der Waals surface area contributed by atoms with Crippen molar-refractivity contribution in [2.75, 3.05) is 0 Å². The number of aliphatic imine (C=N–C) groups is 1. The van der Waals surface area contributed by atoms with Gasteiger partial charge < -0.3 is 4.18 Å². The molecule has 0 spiro atoms. The van der Waals surface area contributed by atoms with E-state index in [-0.39, 0.29) is 11.4 Å². The van der Waals surface area contributed by atoms with Crippen LogP contribution < -0.4 is 4.18 Å². The molecule has 0 amide bonds. The first-order valence-corrected chi connectivity index (χ1v) is 5.57. The van der Waals surface area contributed by atoms with Crippen LogP contribution in [0.5, 0.6) is 5.75 Å². The molecule has 0 fully saturated rings. The zero-order valence-electron chi connectivity index (χ0n) is 6.68. The van der Waals surface area contributed by atoms with E-state index in [1.54, 1.807) is 0 Å². The monoisotopic (exact) mass is 233 g/mol. The molecule has 1 aromatic rings. The van der Waals surface area contributed by atoms with Gasteiger partial charge in [0.1, 0.15) is 5.75 Å². The van der Waals surface area contributed by atoms with Gasteiger partial charge in [0.05, 0.1) is 16.4 Å². The lowest BCUT2D eigenvalue weighted by molar-refractivity contribution is 0.503. The van der Waals surface area contributed by atoms with Gasteiger partial charge in [0.25, 0.3) is 0 Å². The molecule has 0 saturated heterocycles.